The van der Waals surface area contributed by atoms with E-state index in [-0.39, 0.29) is 46.5 Å². The zero-order valence-electron chi connectivity index (χ0n) is 25.9. The van der Waals surface area contributed by atoms with E-state index in [1.165, 1.54) is 17.7 Å². The molecule has 10 heteroatoms. The molecule has 0 radical (unpaired) electrons. The standard InChI is InChI=1S/C35H40FN3O5S/c1-33-18-21-20-37-39(24-9-7-23(36)8-10-24)28(21)17-22(33)6-11-25-26-12-13-35(32(43)45-16-15-40,34(26,2)19-29(41)30(25)33)44-31(42)27-5-4-14-38(27)3/h4-5,7-10,14,17,20,25-26,29-30,40-41H,6,11-13,15-16,18-19H2,1-3H3/t25-,26-,29-,30+,33-,34-,35-/m0/s1. The quantitative estimate of drug-likeness (QED) is 0.353. The number of fused-ring (bicyclic) bond motifs is 6. The van der Waals surface area contributed by atoms with E-state index in [9.17, 15) is 24.2 Å². The van der Waals surface area contributed by atoms with Crippen LogP contribution >= 0.6 is 11.8 Å². The predicted molar refractivity (Wildman–Crippen MR) is 169 cm³/mol. The van der Waals surface area contributed by atoms with Gasteiger partial charge in [0.05, 0.1) is 30.3 Å². The molecule has 2 aromatic heterocycles. The molecular formula is C35H40FN3O5S. The van der Waals surface area contributed by atoms with Gasteiger partial charge in [-0.3, -0.25) is 4.79 Å². The summed E-state index contributed by atoms with van der Waals surface area (Å²) in [5.74, 6) is -0.428. The Balaban J connectivity index is 1.23. The van der Waals surface area contributed by atoms with E-state index in [0.717, 1.165) is 54.4 Å². The minimum atomic E-state index is -1.40. The van der Waals surface area contributed by atoms with Gasteiger partial charge in [-0.1, -0.05) is 31.2 Å². The maximum atomic E-state index is 14.1. The Morgan fingerprint density at radius 3 is 2.67 bits per heavy atom. The average Bonchev–Trinajstić information content (AvgIpc) is 3.70. The zero-order valence-corrected chi connectivity index (χ0v) is 26.7. The Kier molecular flexibility index (Phi) is 7.41. The fourth-order valence-corrected chi connectivity index (χ4v) is 10.5. The van der Waals surface area contributed by atoms with E-state index in [2.05, 4.69) is 18.1 Å². The molecule has 238 valence electrons. The highest BCUT2D eigenvalue weighted by molar-refractivity contribution is 8.13. The van der Waals surface area contributed by atoms with Crippen molar-refractivity contribution in [2.45, 2.75) is 64.1 Å². The predicted octanol–water partition coefficient (Wildman–Crippen LogP) is 5.35. The summed E-state index contributed by atoms with van der Waals surface area (Å²) in [6.45, 7) is 4.15. The number of aryl methyl sites for hydroxylation is 1. The number of benzene rings is 1. The number of carbonyl (C=O) groups excluding carboxylic acids is 2. The van der Waals surface area contributed by atoms with Crippen molar-refractivity contribution in [1.82, 2.24) is 14.3 Å². The number of halogens is 1. The molecule has 8 nitrogen and oxygen atoms in total. The molecule has 4 aliphatic carbocycles. The Hall–Kier alpha value is -3.21. The summed E-state index contributed by atoms with van der Waals surface area (Å²) >= 11 is 1.02. The number of carbonyl (C=O) groups is 2. The molecule has 2 heterocycles. The van der Waals surface area contributed by atoms with E-state index >= 15 is 0 Å². The Morgan fingerprint density at radius 1 is 1.18 bits per heavy atom. The molecule has 3 saturated carbocycles. The van der Waals surface area contributed by atoms with Gasteiger partial charge in [0.25, 0.3) is 0 Å². The number of aliphatic hydroxyl groups excluding tert-OH is 2. The van der Waals surface area contributed by atoms with Crippen LogP contribution in [0.15, 0.2) is 54.4 Å². The molecule has 3 fully saturated rings. The maximum absolute atomic E-state index is 14.1. The molecule has 1 aromatic carbocycles. The third-order valence-corrected chi connectivity index (χ3v) is 12.7. The summed E-state index contributed by atoms with van der Waals surface area (Å²) in [6.07, 6.45) is 9.09. The van der Waals surface area contributed by atoms with E-state index < -0.39 is 23.1 Å². The van der Waals surface area contributed by atoms with Crippen molar-refractivity contribution in [3.8, 4) is 5.69 Å². The van der Waals surface area contributed by atoms with Gasteiger partial charge in [0.2, 0.25) is 5.12 Å². The summed E-state index contributed by atoms with van der Waals surface area (Å²) in [7, 11) is 1.77. The summed E-state index contributed by atoms with van der Waals surface area (Å²) in [5.41, 5.74) is 2.09. The molecule has 4 aliphatic rings. The monoisotopic (exact) mass is 633 g/mol. The summed E-state index contributed by atoms with van der Waals surface area (Å²) < 4.78 is 23.5. The van der Waals surface area contributed by atoms with Crippen molar-refractivity contribution >= 4 is 28.9 Å². The highest BCUT2D eigenvalue weighted by Gasteiger charge is 2.70. The minimum absolute atomic E-state index is 0.0301. The molecule has 2 N–H and O–H groups in total. The van der Waals surface area contributed by atoms with Gasteiger partial charge in [-0.25, -0.2) is 13.9 Å². The van der Waals surface area contributed by atoms with Crippen LogP contribution in [0.25, 0.3) is 11.8 Å². The smallest absolute Gasteiger partial charge is 0.355 e. The van der Waals surface area contributed by atoms with Crippen LogP contribution in [0.1, 0.15) is 67.7 Å². The summed E-state index contributed by atoms with van der Waals surface area (Å²) in [4.78, 5) is 27.6. The van der Waals surface area contributed by atoms with Crippen molar-refractivity contribution in [3.63, 3.8) is 0 Å². The van der Waals surface area contributed by atoms with Crippen LogP contribution in [0.3, 0.4) is 0 Å². The maximum Gasteiger partial charge on any atom is 0.355 e. The number of ether oxygens (including phenoxy) is 1. The molecule has 0 aliphatic heterocycles. The zero-order chi connectivity index (χ0) is 31.7. The Bertz CT molecular complexity index is 1680. The first kappa shape index (κ1) is 30.4. The second-order valence-electron chi connectivity index (χ2n) is 13.8. The van der Waals surface area contributed by atoms with Gasteiger partial charge in [-0.15, -0.1) is 0 Å². The van der Waals surface area contributed by atoms with Gasteiger partial charge in [-0.05, 0) is 110 Å². The van der Waals surface area contributed by atoms with Gasteiger partial charge >= 0.3 is 5.97 Å². The number of thioether (sulfide) groups is 1. The lowest BCUT2D eigenvalue weighted by Crippen LogP contribution is -2.62. The highest BCUT2D eigenvalue weighted by Crippen LogP contribution is 2.69. The molecule has 0 bridgehead atoms. The molecule has 0 saturated heterocycles. The van der Waals surface area contributed by atoms with Crippen LogP contribution in [-0.4, -0.2) is 59.7 Å². The highest BCUT2D eigenvalue weighted by atomic mass is 32.2. The molecule has 3 aromatic rings. The lowest BCUT2D eigenvalue weighted by molar-refractivity contribution is -0.174. The molecule has 0 amide bonds. The number of aliphatic hydroxyl groups is 2. The van der Waals surface area contributed by atoms with Crippen molar-refractivity contribution in [3.05, 3.63) is 77.1 Å². The average molecular weight is 634 g/mol. The van der Waals surface area contributed by atoms with Crippen molar-refractivity contribution in [2.75, 3.05) is 12.4 Å². The first-order chi connectivity index (χ1) is 21.5. The third-order valence-electron chi connectivity index (χ3n) is 11.7. The first-order valence-corrected chi connectivity index (χ1v) is 16.9. The van der Waals surface area contributed by atoms with E-state index in [1.54, 1.807) is 42.1 Å². The minimum Gasteiger partial charge on any atom is -0.445 e. The number of allylic oxidation sites excluding steroid dienone is 1. The summed E-state index contributed by atoms with van der Waals surface area (Å²) in [6, 6.07) is 9.80. The molecule has 0 spiro atoms. The molecule has 45 heavy (non-hydrogen) atoms. The number of aromatic nitrogens is 3. The number of nitrogens with zero attached hydrogens (tertiary/aromatic N) is 3. The van der Waals surface area contributed by atoms with Gasteiger partial charge in [0.1, 0.15) is 11.5 Å². The number of esters is 1. The second kappa shape index (κ2) is 11.0. The fourth-order valence-electron chi connectivity index (χ4n) is 9.64. The van der Waals surface area contributed by atoms with E-state index in [1.807, 2.05) is 17.8 Å². The van der Waals surface area contributed by atoms with Crippen molar-refractivity contribution in [2.24, 2.45) is 35.6 Å². The third kappa shape index (κ3) is 4.50. The van der Waals surface area contributed by atoms with Crippen molar-refractivity contribution in [1.29, 1.82) is 0 Å². The molecular weight excluding hydrogens is 593 g/mol. The van der Waals surface area contributed by atoms with Crippen LogP contribution in [-0.2, 0) is 23.0 Å². The van der Waals surface area contributed by atoms with Crippen LogP contribution in [0.4, 0.5) is 4.39 Å². The molecule has 7 rings (SSSR count). The first-order valence-electron chi connectivity index (χ1n) is 15.9. The van der Waals surface area contributed by atoms with E-state index in [4.69, 9.17) is 4.74 Å². The Morgan fingerprint density at radius 2 is 1.96 bits per heavy atom. The van der Waals surface area contributed by atoms with E-state index in [0.29, 0.717) is 18.5 Å². The van der Waals surface area contributed by atoms with Gasteiger partial charge < -0.3 is 19.5 Å². The SMILES string of the molecule is Cn1cccc1C(=O)O[C@]1(C(=O)SCCO)CC[C@H]2[C@@H]3CCC4=Cc5c(cnn5-c5ccc(F)cc5)C[C@]4(C)[C@H]3[C@@H](O)C[C@@]21C. The lowest BCUT2D eigenvalue weighted by Gasteiger charge is -2.60. The number of hydrogen-bond donors (Lipinski definition) is 2. The summed E-state index contributed by atoms with van der Waals surface area (Å²) in [5, 5.41) is 26.1. The van der Waals surface area contributed by atoms with Crippen LogP contribution in [0.2, 0.25) is 0 Å². The lowest BCUT2D eigenvalue weighted by atomic mass is 9.45. The second-order valence-corrected chi connectivity index (χ2v) is 14.9. The normalized spacial score (nSPS) is 33.4. The van der Waals surface area contributed by atoms with Gasteiger partial charge in [0, 0.05) is 24.4 Å². The molecule has 7 atom stereocenters. The Labute approximate surface area is 266 Å². The van der Waals surface area contributed by atoms with Crippen LogP contribution in [0.5, 0.6) is 0 Å². The van der Waals surface area contributed by atoms with Crippen LogP contribution in [0, 0.1) is 34.4 Å². The largest absolute Gasteiger partial charge is 0.445 e. The van der Waals surface area contributed by atoms with Gasteiger partial charge in [-0.2, -0.15) is 5.10 Å². The molecule has 0 unspecified atom stereocenters. The number of hydrogen-bond acceptors (Lipinski definition) is 7. The van der Waals surface area contributed by atoms with Crippen molar-refractivity contribution < 1.29 is 28.9 Å². The topological polar surface area (TPSA) is 107 Å². The number of rotatable bonds is 6. The van der Waals surface area contributed by atoms with Gasteiger partial charge in [0.15, 0.2) is 5.60 Å². The fraction of sp³-hybridized carbons (Fsp3) is 0.514. The van der Waals surface area contributed by atoms with Crippen LogP contribution < -0.4 is 0 Å².